The average Bonchev–Trinajstić information content (AvgIpc) is 2.46. The number of hydrogen-bond acceptors (Lipinski definition) is 1. The Morgan fingerprint density at radius 1 is 0.950 bits per heavy atom. The van der Waals surface area contributed by atoms with E-state index in [-0.39, 0.29) is 6.61 Å². The van der Waals surface area contributed by atoms with Gasteiger partial charge in [-0.25, -0.2) is 0 Å². The fraction of sp³-hybridized carbons (Fsp3) is 0.778. The Kier molecular flexibility index (Phi) is 12.0. The van der Waals surface area contributed by atoms with E-state index >= 15 is 0 Å². The number of aliphatic hydroxyl groups excluding tert-OH is 1. The van der Waals surface area contributed by atoms with Crippen LogP contribution >= 0.6 is 0 Å². The average molecular weight is 387 g/mol. The Morgan fingerprint density at radius 2 is 1.35 bits per heavy atom. The van der Waals surface area contributed by atoms with Gasteiger partial charge in [0.25, 0.3) is 0 Å². The molecule has 1 N–H and O–H groups in total. The van der Waals surface area contributed by atoms with E-state index in [1.54, 1.807) is 0 Å². The van der Waals surface area contributed by atoms with E-state index < -0.39 is 18.4 Å². The van der Waals surface area contributed by atoms with Crippen LogP contribution in [-0.4, -0.2) is 30.1 Å². The van der Waals surface area contributed by atoms with E-state index in [0.29, 0.717) is 0 Å². The molecule has 0 aliphatic carbocycles. The minimum atomic E-state index is -2.31. The van der Waals surface area contributed by atoms with Gasteiger partial charge in [0.2, 0.25) is 0 Å². The van der Waals surface area contributed by atoms with Gasteiger partial charge in [0.1, 0.15) is 0 Å². The molecule has 1 nitrogen and oxygen atoms in total. The molecule has 118 valence electrons. The number of unbranched alkanes of at least 4 members (excludes halogenated alkanes) is 3. The van der Waals surface area contributed by atoms with Gasteiger partial charge in [-0.05, 0) is 0 Å². The monoisotopic (exact) mass is 388 g/mol. The van der Waals surface area contributed by atoms with Crippen LogP contribution in [0.2, 0.25) is 13.3 Å². The summed E-state index contributed by atoms with van der Waals surface area (Å²) < 4.78 is 5.87. The summed E-state index contributed by atoms with van der Waals surface area (Å²) in [6.45, 7) is 13.7. The molecule has 0 aromatic carbocycles. The van der Waals surface area contributed by atoms with Crippen LogP contribution in [0.1, 0.15) is 66.2 Å². The molecule has 0 rings (SSSR count). The quantitative estimate of drug-likeness (QED) is 0.328. The van der Waals surface area contributed by atoms with Crippen molar-refractivity contribution >= 4 is 18.4 Å². The second-order valence-corrected chi connectivity index (χ2v) is 19.5. The van der Waals surface area contributed by atoms with Crippen LogP contribution in [0.15, 0.2) is 21.8 Å². The summed E-state index contributed by atoms with van der Waals surface area (Å²) in [4.78, 5) is 0. The molecule has 0 bridgehead atoms. The molecule has 0 unspecified atom stereocenters. The first-order valence-corrected chi connectivity index (χ1v) is 16.0. The first-order valence-electron chi connectivity index (χ1n) is 8.55. The Labute approximate surface area is 131 Å². The molecule has 0 saturated heterocycles. The molecule has 0 amide bonds. The van der Waals surface area contributed by atoms with Crippen molar-refractivity contribution in [3.8, 4) is 0 Å². The van der Waals surface area contributed by atoms with E-state index in [1.807, 2.05) is 6.08 Å². The summed E-state index contributed by atoms with van der Waals surface area (Å²) in [6, 6.07) is 0. The van der Waals surface area contributed by atoms with E-state index in [4.69, 9.17) is 0 Å². The number of allylic oxidation sites excluding steroid dienone is 2. The second kappa shape index (κ2) is 11.9. The molecule has 20 heavy (non-hydrogen) atoms. The molecular formula is C18H36OSn. The van der Waals surface area contributed by atoms with Crippen LogP contribution in [0, 0.1) is 0 Å². The standard InChI is InChI=1S/C6H9O.3C4H9.Sn/c1-3-6(2)4-5-7;3*1-3-4-2;/h4,7H,1,5H2,2H3;3*1,3-4H2,2H3;/b6-4+;;;;. The van der Waals surface area contributed by atoms with Gasteiger partial charge in [0.15, 0.2) is 0 Å². The van der Waals surface area contributed by atoms with Gasteiger partial charge in [-0.3, -0.25) is 0 Å². The maximum absolute atomic E-state index is 9.19. The van der Waals surface area contributed by atoms with E-state index in [9.17, 15) is 5.11 Å². The summed E-state index contributed by atoms with van der Waals surface area (Å²) in [5.74, 6) is 0. The fourth-order valence-corrected chi connectivity index (χ4v) is 19.3. The van der Waals surface area contributed by atoms with Gasteiger partial charge in [-0.15, -0.1) is 0 Å². The van der Waals surface area contributed by atoms with Gasteiger partial charge in [-0.2, -0.15) is 0 Å². The van der Waals surface area contributed by atoms with Gasteiger partial charge in [0.05, 0.1) is 0 Å². The normalized spacial score (nSPS) is 12.8. The van der Waals surface area contributed by atoms with E-state index in [1.165, 1.54) is 61.0 Å². The molecule has 0 radical (unpaired) electrons. The molecule has 2 heteroatoms. The summed E-state index contributed by atoms with van der Waals surface area (Å²) >= 11 is -2.31. The second-order valence-electron chi connectivity index (χ2n) is 6.14. The van der Waals surface area contributed by atoms with Crippen molar-refractivity contribution in [3.05, 3.63) is 21.8 Å². The van der Waals surface area contributed by atoms with E-state index in [2.05, 4.69) is 34.3 Å². The topological polar surface area (TPSA) is 20.2 Å². The molecule has 0 atom stereocenters. The molecule has 0 saturated carbocycles. The van der Waals surface area contributed by atoms with Crippen molar-refractivity contribution in [3.63, 3.8) is 0 Å². The summed E-state index contributed by atoms with van der Waals surface area (Å²) in [6.07, 6.45) is 9.98. The van der Waals surface area contributed by atoms with Gasteiger partial charge in [0, 0.05) is 0 Å². The summed E-state index contributed by atoms with van der Waals surface area (Å²) in [7, 11) is 0. The van der Waals surface area contributed by atoms with Crippen LogP contribution in [0.3, 0.4) is 0 Å². The number of aliphatic hydroxyl groups is 1. The molecule has 0 aromatic heterocycles. The van der Waals surface area contributed by atoms with Crippen molar-refractivity contribution in [1.29, 1.82) is 0 Å². The molecule has 0 fully saturated rings. The predicted molar refractivity (Wildman–Crippen MR) is 94.9 cm³/mol. The van der Waals surface area contributed by atoms with Crippen molar-refractivity contribution in [1.82, 2.24) is 0 Å². The molecule has 0 aliphatic heterocycles. The van der Waals surface area contributed by atoms with Crippen LogP contribution in [0.25, 0.3) is 0 Å². The Hall–Kier alpha value is 0.239. The third-order valence-electron chi connectivity index (χ3n) is 4.54. The van der Waals surface area contributed by atoms with Crippen molar-refractivity contribution in [2.75, 3.05) is 6.61 Å². The SMILES string of the molecule is C=[C](/C(C)=C/CO)[Sn]([CH2]CCC)([CH2]CCC)[CH2]CCC. The van der Waals surface area contributed by atoms with Crippen LogP contribution in [-0.2, 0) is 0 Å². The van der Waals surface area contributed by atoms with Crippen molar-refractivity contribution < 1.29 is 5.11 Å². The third kappa shape index (κ3) is 6.80. The Morgan fingerprint density at radius 3 is 1.65 bits per heavy atom. The van der Waals surface area contributed by atoms with Gasteiger partial charge in [-0.1, -0.05) is 0 Å². The first-order chi connectivity index (χ1) is 9.57. The zero-order valence-corrected chi connectivity index (χ0v) is 17.2. The zero-order chi connectivity index (χ0) is 15.4. The third-order valence-corrected chi connectivity index (χ3v) is 20.5. The molecule has 0 aromatic rings. The van der Waals surface area contributed by atoms with E-state index in [0.717, 1.165) is 0 Å². The number of rotatable bonds is 12. The van der Waals surface area contributed by atoms with Crippen LogP contribution < -0.4 is 0 Å². The maximum atomic E-state index is 9.19. The van der Waals surface area contributed by atoms with Gasteiger partial charge >= 0.3 is 131 Å². The van der Waals surface area contributed by atoms with Crippen molar-refractivity contribution in [2.45, 2.75) is 79.5 Å². The molecule has 0 spiro atoms. The fourth-order valence-electron chi connectivity index (χ4n) is 3.05. The van der Waals surface area contributed by atoms with Crippen LogP contribution in [0.5, 0.6) is 0 Å². The van der Waals surface area contributed by atoms with Crippen molar-refractivity contribution in [2.24, 2.45) is 0 Å². The minimum absolute atomic E-state index is 0.155. The first kappa shape index (κ1) is 20.2. The molecule has 0 heterocycles. The Balaban J connectivity index is 5.20. The number of hydrogen-bond donors (Lipinski definition) is 1. The summed E-state index contributed by atoms with van der Waals surface area (Å²) in [5.41, 5.74) is 1.28. The molecular weight excluding hydrogens is 351 g/mol. The Bertz CT molecular complexity index is 272. The molecule has 0 aliphatic rings. The summed E-state index contributed by atoms with van der Waals surface area (Å²) in [5, 5.41) is 9.19. The zero-order valence-electron chi connectivity index (χ0n) is 14.3. The van der Waals surface area contributed by atoms with Gasteiger partial charge < -0.3 is 0 Å². The predicted octanol–water partition coefficient (Wildman–Crippen LogP) is 5.87. The van der Waals surface area contributed by atoms with Crippen LogP contribution in [0.4, 0.5) is 0 Å².